The summed E-state index contributed by atoms with van der Waals surface area (Å²) in [5.74, 6) is -0.125. The minimum absolute atomic E-state index is 0.0525. The van der Waals surface area contributed by atoms with Crippen LogP contribution in [-0.2, 0) is 14.9 Å². The molecule has 0 radical (unpaired) electrons. The molecule has 5 nitrogen and oxygen atoms in total. The molecule has 5 rings (SSSR count). The van der Waals surface area contributed by atoms with Gasteiger partial charge in [0.25, 0.3) is 0 Å². The number of nitrogens with zero attached hydrogens (tertiary/aromatic N) is 1. The number of aliphatic hydroxyl groups excluding tert-OH is 1. The highest BCUT2D eigenvalue weighted by atomic mass is 16.5. The number of piperidine rings is 1. The highest BCUT2D eigenvalue weighted by Gasteiger charge is 2.63. The lowest BCUT2D eigenvalue weighted by Gasteiger charge is -2.51. The zero-order valence-corrected chi connectivity index (χ0v) is 14.7. The maximum Gasteiger partial charge on any atom is 0.335 e. The normalized spacial score (nSPS) is 36.5. The third-order valence-corrected chi connectivity index (χ3v) is 7.02. The van der Waals surface area contributed by atoms with Crippen LogP contribution < -0.4 is 5.32 Å². The topological polar surface area (TPSA) is 61.8 Å². The molecule has 0 unspecified atom stereocenters. The monoisotopic (exact) mass is 340 g/mol. The fraction of sp³-hybridized carbons (Fsp3) is 0.550. The molecule has 1 spiro atoms. The summed E-state index contributed by atoms with van der Waals surface area (Å²) in [6, 6.07) is 8.83. The molecule has 2 saturated heterocycles. The Morgan fingerprint density at radius 2 is 2.24 bits per heavy atom. The number of carbonyl (C=O) groups excluding carboxylic acids is 1. The molecule has 4 aliphatic rings. The lowest BCUT2D eigenvalue weighted by atomic mass is 9.60. The fourth-order valence-corrected chi connectivity index (χ4v) is 5.98. The van der Waals surface area contributed by atoms with Gasteiger partial charge in [-0.25, -0.2) is 4.79 Å². The maximum atomic E-state index is 12.8. The van der Waals surface area contributed by atoms with E-state index in [1.807, 2.05) is 13.0 Å². The van der Waals surface area contributed by atoms with Gasteiger partial charge in [-0.15, -0.1) is 0 Å². The number of anilines is 1. The van der Waals surface area contributed by atoms with Crippen molar-refractivity contribution in [2.75, 3.05) is 25.5 Å². The third-order valence-electron chi connectivity index (χ3n) is 7.02. The van der Waals surface area contributed by atoms with E-state index in [2.05, 4.69) is 28.4 Å². The number of nitrogens with one attached hydrogen (secondary N) is 1. The van der Waals surface area contributed by atoms with Crippen LogP contribution in [0.15, 0.2) is 35.5 Å². The van der Waals surface area contributed by atoms with Gasteiger partial charge in [0.05, 0.1) is 24.2 Å². The molecule has 1 aromatic carbocycles. The van der Waals surface area contributed by atoms with Crippen LogP contribution in [0, 0.1) is 11.8 Å². The first-order valence-electron chi connectivity index (χ1n) is 9.19. The fourth-order valence-electron chi connectivity index (χ4n) is 5.98. The van der Waals surface area contributed by atoms with E-state index in [-0.39, 0.29) is 23.2 Å². The number of carbonyl (C=O) groups is 1. The Balaban J connectivity index is 1.78. The highest BCUT2D eigenvalue weighted by Crippen LogP contribution is 2.61. The van der Waals surface area contributed by atoms with Gasteiger partial charge in [0, 0.05) is 35.8 Å². The van der Waals surface area contributed by atoms with Crippen LogP contribution in [0.1, 0.15) is 25.3 Å². The second-order valence-electron chi connectivity index (χ2n) is 7.93. The van der Waals surface area contributed by atoms with E-state index in [4.69, 9.17) is 4.74 Å². The van der Waals surface area contributed by atoms with Crippen LogP contribution in [0.4, 0.5) is 5.69 Å². The Kier molecular flexibility index (Phi) is 3.13. The number of esters is 1. The van der Waals surface area contributed by atoms with Gasteiger partial charge in [-0.3, -0.25) is 4.90 Å². The Bertz CT molecular complexity index is 787. The first-order chi connectivity index (χ1) is 12.1. The van der Waals surface area contributed by atoms with E-state index in [0.717, 1.165) is 42.9 Å². The maximum absolute atomic E-state index is 12.8. The molecule has 0 aromatic heterocycles. The molecule has 5 atom stereocenters. The van der Waals surface area contributed by atoms with Crippen molar-refractivity contribution in [3.8, 4) is 0 Å². The number of hydrogen-bond donors (Lipinski definition) is 2. The molecule has 132 valence electrons. The van der Waals surface area contributed by atoms with Crippen LogP contribution in [-0.4, -0.2) is 48.3 Å². The number of fused-ring (bicyclic) bond motifs is 2. The van der Waals surface area contributed by atoms with Crippen molar-refractivity contribution in [2.45, 2.75) is 37.3 Å². The number of ether oxygens (including phenoxy) is 1. The quantitative estimate of drug-likeness (QED) is 0.805. The van der Waals surface area contributed by atoms with E-state index in [0.29, 0.717) is 6.04 Å². The van der Waals surface area contributed by atoms with Gasteiger partial charge >= 0.3 is 5.97 Å². The standard InChI is InChI=1S/C20H24N2O3/c1-11(23)13-10-22-8-7-20-14-5-3-4-6-15(14)21-18(20)17(19(24)25-2)12(13)9-16(20)22/h3-6,11-13,16,21,23H,7-10H2,1-2H3/t11-,12-,13-,16-,20+/m0/s1. The van der Waals surface area contributed by atoms with E-state index in [9.17, 15) is 9.90 Å². The number of rotatable bonds is 2. The summed E-state index contributed by atoms with van der Waals surface area (Å²) in [5, 5.41) is 14.0. The smallest absolute Gasteiger partial charge is 0.335 e. The van der Waals surface area contributed by atoms with Crippen molar-refractivity contribution in [3.63, 3.8) is 0 Å². The summed E-state index contributed by atoms with van der Waals surface area (Å²) in [6.07, 6.45) is 1.49. The van der Waals surface area contributed by atoms with Crippen LogP contribution >= 0.6 is 0 Å². The molecule has 0 saturated carbocycles. The zero-order chi connectivity index (χ0) is 17.3. The average Bonchev–Trinajstić information content (AvgIpc) is 3.17. The van der Waals surface area contributed by atoms with Gasteiger partial charge < -0.3 is 15.2 Å². The van der Waals surface area contributed by atoms with Crippen LogP contribution in [0.5, 0.6) is 0 Å². The lowest BCUT2D eigenvalue weighted by molar-refractivity contribution is -0.138. The largest absolute Gasteiger partial charge is 0.466 e. The lowest BCUT2D eigenvalue weighted by Crippen LogP contribution is -2.57. The summed E-state index contributed by atoms with van der Waals surface area (Å²) >= 11 is 0. The molecule has 2 N–H and O–H groups in total. The minimum Gasteiger partial charge on any atom is -0.466 e. The van der Waals surface area contributed by atoms with Crippen LogP contribution in [0.2, 0.25) is 0 Å². The summed E-state index contributed by atoms with van der Waals surface area (Å²) in [7, 11) is 1.46. The number of aliphatic hydroxyl groups is 1. The average molecular weight is 340 g/mol. The molecular formula is C20H24N2O3. The highest BCUT2D eigenvalue weighted by molar-refractivity contribution is 5.93. The van der Waals surface area contributed by atoms with Crippen molar-refractivity contribution >= 4 is 11.7 Å². The van der Waals surface area contributed by atoms with Crippen molar-refractivity contribution < 1.29 is 14.6 Å². The van der Waals surface area contributed by atoms with Crippen molar-refractivity contribution in [1.82, 2.24) is 4.90 Å². The molecule has 25 heavy (non-hydrogen) atoms. The van der Waals surface area contributed by atoms with Gasteiger partial charge in [-0.05, 0) is 37.9 Å². The summed E-state index contributed by atoms with van der Waals surface area (Å²) in [5.41, 5.74) is 4.10. The predicted molar refractivity (Wildman–Crippen MR) is 94.0 cm³/mol. The Hall–Kier alpha value is -1.85. The van der Waals surface area contributed by atoms with E-state index < -0.39 is 6.10 Å². The summed E-state index contributed by atoms with van der Waals surface area (Å²) < 4.78 is 5.19. The van der Waals surface area contributed by atoms with Gasteiger partial charge in [0.1, 0.15) is 0 Å². The second kappa shape index (κ2) is 5.08. The van der Waals surface area contributed by atoms with Gasteiger partial charge in [-0.1, -0.05) is 18.2 Å². The molecule has 1 aliphatic carbocycles. The number of hydrogen-bond acceptors (Lipinski definition) is 5. The first kappa shape index (κ1) is 15.4. The van der Waals surface area contributed by atoms with Crippen molar-refractivity contribution in [3.05, 3.63) is 41.1 Å². The molecule has 3 heterocycles. The molecule has 1 aromatic rings. The first-order valence-corrected chi connectivity index (χ1v) is 9.19. The van der Waals surface area contributed by atoms with Crippen molar-refractivity contribution in [1.29, 1.82) is 0 Å². The van der Waals surface area contributed by atoms with Crippen LogP contribution in [0.25, 0.3) is 0 Å². The molecule has 2 bridgehead atoms. The number of methoxy groups -OCH3 is 1. The Labute approximate surface area is 147 Å². The van der Waals surface area contributed by atoms with E-state index in [1.165, 1.54) is 12.7 Å². The zero-order valence-electron chi connectivity index (χ0n) is 14.7. The minimum atomic E-state index is -0.442. The molecule has 2 fully saturated rings. The molecule has 0 amide bonds. The summed E-state index contributed by atoms with van der Waals surface area (Å²) in [6.45, 7) is 3.71. The van der Waals surface area contributed by atoms with Gasteiger partial charge in [0.2, 0.25) is 0 Å². The number of para-hydroxylation sites is 1. The molecular weight excluding hydrogens is 316 g/mol. The van der Waals surface area contributed by atoms with E-state index in [1.54, 1.807) is 0 Å². The molecule has 5 heteroatoms. The third kappa shape index (κ3) is 1.78. The van der Waals surface area contributed by atoms with Gasteiger partial charge in [0.15, 0.2) is 0 Å². The van der Waals surface area contributed by atoms with Gasteiger partial charge in [-0.2, -0.15) is 0 Å². The van der Waals surface area contributed by atoms with Crippen molar-refractivity contribution in [2.24, 2.45) is 11.8 Å². The van der Waals surface area contributed by atoms with Crippen LogP contribution in [0.3, 0.4) is 0 Å². The van der Waals surface area contributed by atoms with E-state index >= 15 is 0 Å². The molecule has 3 aliphatic heterocycles. The SMILES string of the molecule is COC(=O)C1=C2Nc3ccccc3[C@@]23CCN2C[C@@H]([C@H](C)O)[C@@H]1C[C@H]23. The Morgan fingerprint density at radius 3 is 3.00 bits per heavy atom. The predicted octanol–water partition coefficient (Wildman–Crippen LogP) is 1.88. The summed E-state index contributed by atoms with van der Waals surface area (Å²) in [4.78, 5) is 15.3. The number of benzene rings is 1. The Morgan fingerprint density at radius 1 is 1.44 bits per heavy atom. The second-order valence-corrected chi connectivity index (χ2v) is 7.93.